The van der Waals surface area contributed by atoms with E-state index in [2.05, 4.69) is 4.98 Å². The highest BCUT2D eigenvalue weighted by atomic mass is 16.6. The molecule has 0 aliphatic carbocycles. The molecule has 0 aliphatic heterocycles. The molecule has 5 nitrogen and oxygen atoms in total. The van der Waals surface area contributed by atoms with Gasteiger partial charge in [-0.25, -0.2) is 9.78 Å². The van der Waals surface area contributed by atoms with Crippen molar-refractivity contribution in [3.05, 3.63) is 27.9 Å². The maximum atomic E-state index is 11.9. The van der Waals surface area contributed by atoms with Crippen molar-refractivity contribution in [2.45, 2.75) is 53.2 Å². The summed E-state index contributed by atoms with van der Waals surface area (Å²) in [6.45, 7) is 10.5. The van der Waals surface area contributed by atoms with Crippen LogP contribution in [0.4, 0.5) is 0 Å². The summed E-state index contributed by atoms with van der Waals surface area (Å²) in [6, 6.07) is 0.734. The van der Waals surface area contributed by atoms with Crippen LogP contribution in [0, 0.1) is 13.8 Å². The summed E-state index contributed by atoms with van der Waals surface area (Å²) in [5.74, 6) is 0.0803. The minimum absolute atomic E-state index is 0.238. The van der Waals surface area contributed by atoms with Crippen LogP contribution in [0.3, 0.4) is 0 Å². The lowest BCUT2D eigenvalue weighted by Gasteiger charge is -2.23. The number of carbonyl (C=O) groups is 1. The van der Waals surface area contributed by atoms with Crippen LogP contribution in [0.1, 0.15) is 45.3 Å². The van der Waals surface area contributed by atoms with E-state index in [9.17, 15) is 9.59 Å². The van der Waals surface area contributed by atoms with Gasteiger partial charge in [-0.3, -0.25) is 9.36 Å². The van der Waals surface area contributed by atoms with Crippen molar-refractivity contribution in [1.82, 2.24) is 9.55 Å². The summed E-state index contributed by atoms with van der Waals surface area (Å²) in [7, 11) is 0. The van der Waals surface area contributed by atoms with E-state index in [1.807, 2.05) is 0 Å². The zero-order valence-corrected chi connectivity index (χ0v) is 11.8. The van der Waals surface area contributed by atoms with E-state index in [-0.39, 0.29) is 5.56 Å². The van der Waals surface area contributed by atoms with E-state index < -0.39 is 17.6 Å². The Bertz CT molecular complexity index is 512. The lowest BCUT2D eigenvalue weighted by atomic mass is 10.2. The number of carbonyl (C=O) groups excluding carboxylic acids is 1. The van der Waals surface area contributed by atoms with Gasteiger partial charge in [0.05, 0.1) is 0 Å². The molecule has 0 fully saturated rings. The highest BCUT2D eigenvalue weighted by molar-refractivity contribution is 5.74. The van der Waals surface area contributed by atoms with E-state index in [1.165, 1.54) is 10.6 Å². The zero-order chi connectivity index (χ0) is 14.1. The summed E-state index contributed by atoms with van der Waals surface area (Å²) in [4.78, 5) is 28.0. The fraction of sp³-hybridized carbons (Fsp3) is 0.615. The van der Waals surface area contributed by atoms with Crippen molar-refractivity contribution in [2.75, 3.05) is 0 Å². The van der Waals surface area contributed by atoms with Gasteiger partial charge in [-0.05, 0) is 41.5 Å². The average Bonchev–Trinajstić information content (AvgIpc) is 2.12. The monoisotopic (exact) mass is 252 g/mol. The first kappa shape index (κ1) is 14.4. The molecule has 0 bridgehead atoms. The molecule has 1 atom stereocenters. The summed E-state index contributed by atoms with van der Waals surface area (Å²) < 4.78 is 6.62. The van der Waals surface area contributed by atoms with Crippen LogP contribution in [0.25, 0.3) is 0 Å². The third-order valence-electron chi connectivity index (χ3n) is 2.39. The van der Waals surface area contributed by atoms with Crippen molar-refractivity contribution < 1.29 is 9.53 Å². The smallest absolute Gasteiger partial charge is 0.329 e. The third-order valence-corrected chi connectivity index (χ3v) is 2.39. The number of esters is 1. The molecule has 0 radical (unpaired) electrons. The number of hydrogen-bond donors (Lipinski definition) is 0. The van der Waals surface area contributed by atoms with E-state index in [1.54, 1.807) is 41.5 Å². The summed E-state index contributed by atoms with van der Waals surface area (Å²) in [6.07, 6.45) is 0. The van der Waals surface area contributed by atoms with Crippen LogP contribution >= 0.6 is 0 Å². The normalized spacial score (nSPS) is 13.2. The zero-order valence-electron chi connectivity index (χ0n) is 11.8. The highest BCUT2D eigenvalue weighted by Crippen LogP contribution is 2.14. The predicted octanol–water partition coefficient (Wildman–Crippen LogP) is 1.76. The fourth-order valence-corrected chi connectivity index (χ4v) is 1.71. The van der Waals surface area contributed by atoms with Gasteiger partial charge in [0.2, 0.25) is 0 Å². The van der Waals surface area contributed by atoms with Gasteiger partial charge in [0.25, 0.3) is 5.56 Å². The summed E-state index contributed by atoms with van der Waals surface area (Å²) >= 11 is 0. The lowest BCUT2D eigenvalue weighted by molar-refractivity contribution is -0.158. The van der Waals surface area contributed by atoms with Crippen molar-refractivity contribution >= 4 is 5.97 Å². The number of aromatic nitrogens is 2. The number of aryl methyl sites for hydroxylation is 2. The minimum atomic E-state index is -0.676. The third kappa shape index (κ3) is 3.42. The molecule has 0 amide bonds. The van der Waals surface area contributed by atoms with Gasteiger partial charge in [-0.1, -0.05) is 0 Å². The van der Waals surface area contributed by atoms with Gasteiger partial charge in [0.1, 0.15) is 17.5 Å². The summed E-state index contributed by atoms with van der Waals surface area (Å²) in [5, 5.41) is 0. The SMILES string of the molecule is Cc1cc(=O)n(C(C)C(=O)OC(C)(C)C)c(C)n1. The number of nitrogens with zero attached hydrogens (tertiary/aromatic N) is 2. The number of ether oxygens (including phenoxy) is 1. The van der Waals surface area contributed by atoms with Crippen LogP contribution < -0.4 is 5.56 Å². The fourth-order valence-electron chi connectivity index (χ4n) is 1.71. The van der Waals surface area contributed by atoms with Crippen LogP contribution in [0.5, 0.6) is 0 Å². The largest absolute Gasteiger partial charge is 0.458 e. The van der Waals surface area contributed by atoms with E-state index in [0.717, 1.165) is 0 Å². The van der Waals surface area contributed by atoms with Gasteiger partial charge >= 0.3 is 5.97 Å². The van der Waals surface area contributed by atoms with Crippen molar-refractivity contribution in [2.24, 2.45) is 0 Å². The number of rotatable bonds is 2. The first-order valence-electron chi connectivity index (χ1n) is 5.91. The van der Waals surface area contributed by atoms with Gasteiger partial charge < -0.3 is 4.74 Å². The molecule has 0 saturated carbocycles. The van der Waals surface area contributed by atoms with Gasteiger partial charge in [0, 0.05) is 11.8 Å². The molecule has 1 aromatic heterocycles. The van der Waals surface area contributed by atoms with Crippen molar-refractivity contribution in [1.29, 1.82) is 0 Å². The molecule has 0 spiro atoms. The molecule has 1 rings (SSSR count). The molecule has 0 aliphatic rings. The molecule has 18 heavy (non-hydrogen) atoms. The molecule has 1 unspecified atom stereocenters. The average molecular weight is 252 g/mol. The molecule has 100 valence electrons. The molecule has 1 heterocycles. The Kier molecular flexibility index (Phi) is 3.94. The second-order valence-corrected chi connectivity index (χ2v) is 5.36. The minimum Gasteiger partial charge on any atom is -0.458 e. The van der Waals surface area contributed by atoms with Crippen LogP contribution in [-0.4, -0.2) is 21.1 Å². The second-order valence-electron chi connectivity index (χ2n) is 5.36. The van der Waals surface area contributed by atoms with Crippen LogP contribution in [-0.2, 0) is 9.53 Å². The standard InChI is InChI=1S/C13H20N2O3/c1-8-7-11(16)15(10(3)14-8)9(2)12(17)18-13(4,5)6/h7,9H,1-6H3. The van der Waals surface area contributed by atoms with Gasteiger partial charge in [-0.2, -0.15) is 0 Å². The Morgan fingerprint density at radius 3 is 2.39 bits per heavy atom. The molecule has 0 N–H and O–H groups in total. The first-order chi connectivity index (χ1) is 8.11. The quantitative estimate of drug-likeness (QED) is 0.752. The van der Waals surface area contributed by atoms with E-state index in [0.29, 0.717) is 11.5 Å². The van der Waals surface area contributed by atoms with Crippen molar-refractivity contribution in [3.63, 3.8) is 0 Å². The van der Waals surface area contributed by atoms with Crippen LogP contribution in [0.15, 0.2) is 10.9 Å². The lowest BCUT2D eigenvalue weighted by Crippen LogP contribution is -2.35. The highest BCUT2D eigenvalue weighted by Gasteiger charge is 2.24. The molecule has 5 heteroatoms. The Hall–Kier alpha value is -1.65. The first-order valence-corrected chi connectivity index (χ1v) is 5.91. The second kappa shape index (κ2) is 4.92. The Balaban J connectivity index is 3.09. The molecule has 1 aromatic rings. The van der Waals surface area contributed by atoms with Gasteiger partial charge in [0.15, 0.2) is 0 Å². The maximum Gasteiger partial charge on any atom is 0.329 e. The molecular formula is C13H20N2O3. The van der Waals surface area contributed by atoms with E-state index in [4.69, 9.17) is 4.74 Å². The molecule has 0 aromatic carbocycles. The topological polar surface area (TPSA) is 61.2 Å². The number of hydrogen-bond acceptors (Lipinski definition) is 4. The van der Waals surface area contributed by atoms with E-state index >= 15 is 0 Å². The Morgan fingerprint density at radius 1 is 1.39 bits per heavy atom. The maximum absolute atomic E-state index is 11.9. The predicted molar refractivity (Wildman–Crippen MR) is 68.5 cm³/mol. The van der Waals surface area contributed by atoms with Crippen LogP contribution in [0.2, 0.25) is 0 Å². The molecular weight excluding hydrogens is 232 g/mol. The molecule has 0 saturated heterocycles. The van der Waals surface area contributed by atoms with Crippen molar-refractivity contribution in [3.8, 4) is 0 Å². The Morgan fingerprint density at radius 2 is 1.94 bits per heavy atom. The van der Waals surface area contributed by atoms with Gasteiger partial charge in [-0.15, -0.1) is 0 Å². The summed E-state index contributed by atoms with van der Waals surface area (Å²) in [5.41, 5.74) is -0.162. The Labute approximate surface area is 107 Å².